The predicted molar refractivity (Wildman–Crippen MR) is 77.9 cm³/mol. The number of hydrogen-bond donors (Lipinski definition) is 0. The number of hydrogen-bond acceptors (Lipinski definition) is 2. The monoisotopic (exact) mass is 263 g/mol. The van der Waals surface area contributed by atoms with Gasteiger partial charge in [0.1, 0.15) is 6.61 Å². The van der Waals surface area contributed by atoms with Crippen LogP contribution in [-0.4, -0.2) is 24.6 Å². The highest BCUT2D eigenvalue weighted by atomic mass is 16.6. The Morgan fingerprint density at radius 3 is 2.37 bits per heavy atom. The van der Waals surface area contributed by atoms with E-state index in [0.717, 1.165) is 5.56 Å². The molecule has 0 fully saturated rings. The predicted octanol–water partition coefficient (Wildman–Crippen LogP) is 3.94. The lowest BCUT2D eigenvalue weighted by atomic mass is 9.82. The number of amides is 1. The van der Waals surface area contributed by atoms with Crippen molar-refractivity contribution in [1.82, 2.24) is 4.90 Å². The van der Waals surface area contributed by atoms with Gasteiger partial charge in [0.15, 0.2) is 0 Å². The first-order valence-corrected chi connectivity index (χ1v) is 6.72. The second-order valence-electron chi connectivity index (χ2n) is 6.19. The quantitative estimate of drug-likeness (QED) is 0.823. The maximum absolute atomic E-state index is 11.9. The van der Waals surface area contributed by atoms with Crippen LogP contribution in [-0.2, 0) is 11.3 Å². The highest BCUT2D eigenvalue weighted by molar-refractivity contribution is 5.67. The van der Waals surface area contributed by atoms with Crippen LogP contribution in [0.5, 0.6) is 0 Å². The van der Waals surface area contributed by atoms with E-state index >= 15 is 0 Å². The summed E-state index contributed by atoms with van der Waals surface area (Å²) >= 11 is 0. The molecular formula is C16H25NO2. The van der Waals surface area contributed by atoms with Crippen molar-refractivity contribution < 1.29 is 9.53 Å². The van der Waals surface area contributed by atoms with Crippen molar-refractivity contribution in [3.05, 3.63) is 35.9 Å². The van der Waals surface area contributed by atoms with Gasteiger partial charge < -0.3 is 9.64 Å². The van der Waals surface area contributed by atoms with Crippen molar-refractivity contribution in [2.45, 2.75) is 34.3 Å². The molecule has 0 bridgehead atoms. The van der Waals surface area contributed by atoms with E-state index in [1.54, 1.807) is 11.9 Å². The van der Waals surface area contributed by atoms with E-state index in [-0.39, 0.29) is 11.5 Å². The summed E-state index contributed by atoms with van der Waals surface area (Å²) < 4.78 is 5.29. The molecule has 0 saturated heterocycles. The van der Waals surface area contributed by atoms with Crippen molar-refractivity contribution >= 4 is 6.09 Å². The summed E-state index contributed by atoms with van der Waals surface area (Å²) in [7, 11) is 1.79. The maximum Gasteiger partial charge on any atom is 0.409 e. The van der Waals surface area contributed by atoms with Crippen molar-refractivity contribution in [3.63, 3.8) is 0 Å². The van der Waals surface area contributed by atoms with Crippen LogP contribution in [0, 0.1) is 11.3 Å². The Morgan fingerprint density at radius 2 is 1.84 bits per heavy atom. The lowest BCUT2D eigenvalue weighted by molar-refractivity contribution is 0.0912. The van der Waals surface area contributed by atoms with Gasteiger partial charge in [0, 0.05) is 13.6 Å². The van der Waals surface area contributed by atoms with Gasteiger partial charge >= 0.3 is 6.09 Å². The van der Waals surface area contributed by atoms with Crippen molar-refractivity contribution in [2.24, 2.45) is 11.3 Å². The number of ether oxygens (including phenoxy) is 1. The van der Waals surface area contributed by atoms with Gasteiger partial charge in [0.05, 0.1) is 0 Å². The Bertz CT molecular complexity index is 395. The summed E-state index contributed by atoms with van der Waals surface area (Å²) in [6.07, 6.45) is -0.264. The summed E-state index contributed by atoms with van der Waals surface area (Å²) in [6.45, 7) is 9.73. The van der Waals surface area contributed by atoms with Gasteiger partial charge in [0.25, 0.3) is 0 Å². The second-order valence-corrected chi connectivity index (χ2v) is 6.19. The molecule has 0 N–H and O–H groups in total. The zero-order valence-corrected chi connectivity index (χ0v) is 12.6. The average Bonchev–Trinajstić information content (AvgIpc) is 2.35. The fraction of sp³-hybridized carbons (Fsp3) is 0.562. The van der Waals surface area contributed by atoms with Crippen molar-refractivity contribution in [1.29, 1.82) is 0 Å². The van der Waals surface area contributed by atoms with Crippen LogP contribution in [0.2, 0.25) is 0 Å². The van der Waals surface area contributed by atoms with E-state index in [9.17, 15) is 4.79 Å². The van der Waals surface area contributed by atoms with Gasteiger partial charge in [-0.3, -0.25) is 0 Å². The summed E-state index contributed by atoms with van der Waals surface area (Å²) in [5.41, 5.74) is 1.20. The van der Waals surface area contributed by atoms with Gasteiger partial charge in [-0.25, -0.2) is 4.79 Å². The molecular weight excluding hydrogens is 238 g/mol. The first-order chi connectivity index (χ1) is 8.80. The number of rotatable bonds is 4. The van der Waals surface area contributed by atoms with Crippen molar-refractivity contribution in [3.8, 4) is 0 Å². The lowest BCUT2D eigenvalue weighted by Gasteiger charge is -2.30. The first-order valence-electron chi connectivity index (χ1n) is 6.72. The topological polar surface area (TPSA) is 29.5 Å². The van der Waals surface area contributed by atoms with E-state index < -0.39 is 0 Å². The van der Waals surface area contributed by atoms with Gasteiger partial charge in [-0.2, -0.15) is 0 Å². The molecule has 1 aromatic carbocycles. The molecule has 0 aliphatic rings. The van der Waals surface area contributed by atoms with Crippen molar-refractivity contribution in [2.75, 3.05) is 13.6 Å². The smallest absolute Gasteiger partial charge is 0.409 e. The summed E-state index contributed by atoms with van der Waals surface area (Å²) in [5, 5.41) is 0. The second kappa shape index (κ2) is 6.60. The number of carbonyl (C=O) groups is 1. The largest absolute Gasteiger partial charge is 0.445 e. The van der Waals surface area contributed by atoms with E-state index in [1.807, 2.05) is 30.3 Å². The maximum atomic E-state index is 11.9. The summed E-state index contributed by atoms with van der Waals surface area (Å²) in [6, 6.07) is 9.72. The molecule has 0 radical (unpaired) electrons. The Hall–Kier alpha value is -1.51. The summed E-state index contributed by atoms with van der Waals surface area (Å²) in [4.78, 5) is 13.5. The standard InChI is InChI=1S/C16H25NO2/c1-13(16(2,3)4)11-17(5)15(18)19-12-14-9-7-6-8-10-14/h6-10,13H,11-12H2,1-5H3. The molecule has 1 unspecified atom stereocenters. The third kappa shape index (κ3) is 5.33. The molecule has 0 spiro atoms. The minimum atomic E-state index is -0.264. The molecule has 3 heteroatoms. The molecule has 0 aliphatic heterocycles. The molecule has 0 saturated carbocycles. The van der Waals surface area contributed by atoms with Crippen LogP contribution in [0.25, 0.3) is 0 Å². The highest BCUT2D eigenvalue weighted by Gasteiger charge is 2.23. The zero-order valence-electron chi connectivity index (χ0n) is 12.6. The van der Waals surface area contributed by atoms with Crippen LogP contribution in [0.4, 0.5) is 4.79 Å². The van der Waals surface area contributed by atoms with Gasteiger partial charge in [-0.15, -0.1) is 0 Å². The average molecular weight is 263 g/mol. The molecule has 1 rings (SSSR count). The Labute approximate surface area is 116 Å². The lowest BCUT2D eigenvalue weighted by Crippen LogP contribution is -2.35. The van der Waals surface area contributed by atoms with E-state index in [1.165, 1.54) is 0 Å². The number of nitrogens with zero attached hydrogens (tertiary/aromatic N) is 1. The molecule has 106 valence electrons. The number of carbonyl (C=O) groups excluding carboxylic acids is 1. The third-order valence-electron chi connectivity index (χ3n) is 3.54. The van der Waals surface area contributed by atoms with Gasteiger partial charge in [0.2, 0.25) is 0 Å². The zero-order chi connectivity index (χ0) is 14.5. The molecule has 19 heavy (non-hydrogen) atoms. The molecule has 1 atom stereocenters. The first kappa shape index (κ1) is 15.5. The van der Waals surface area contributed by atoms with Crippen LogP contribution >= 0.6 is 0 Å². The Morgan fingerprint density at radius 1 is 1.26 bits per heavy atom. The van der Waals surface area contributed by atoms with Crippen LogP contribution < -0.4 is 0 Å². The SMILES string of the molecule is CC(CN(C)C(=O)OCc1ccccc1)C(C)(C)C. The highest BCUT2D eigenvalue weighted by Crippen LogP contribution is 2.25. The molecule has 0 heterocycles. The van der Waals surface area contributed by atoms with Gasteiger partial charge in [-0.05, 0) is 16.9 Å². The minimum absolute atomic E-state index is 0.188. The molecule has 3 nitrogen and oxygen atoms in total. The molecule has 1 amide bonds. The fourth-order valence-electron chi connectivity index (χ4n) is 1.59. The number of benzene rings is 1. The summed E-state index contributed by atoms with van der Waals surface area (Å²) in [5.74, 6) is 0.418. The van der Waals surface area contributed by atoms with E-state index in [2.05, 4.69) is 27.7 Å². The third-order valence-corrected chi connectivity index (χ3v) is 3.54. The minimum Gasteiger partial charge on any atom is -0.445 e. The van der Waals surface area contributed by atoms with Crippen LogP contribution in [0.3, 0.4) is 0 Å². The van der Waals surface area contributed by atoms with E-state index in [4.69, 9.17) is 4.74 Å². The molecule has 1 aromatic rings. The van der Waals surface area contributed by atoms with Crippen LogP contribution in [0.1, 0.15) is 33.3 Å². The fourth-order valence-corrected chi connectivity index (χ4v) is 1.59. The molecule has 0 aromatic heterocycles. The van der Waals surface area contributed by atoms with E-state index in [0.29, 0.717) is 19.1 Å². The Kier molecular flexibility index (Phi) is 5.40. The van der Waals surface area contributed by atoms with Gasteiger partial charge in [-0.1, -0.05) is 58.0 Å². The molecule has 0 aliphatic carbocycles. The Balaban J connectivity index is 2.41. The normalized spacial score (nSPS) is 12.9. The van der Waals surface area contributed by atoms with Crippen LogP contribution in [0.15, 0.2) is 30.3 Å².